The summed E-state index contributed by atoms with van der Waals surface area (Å²) in [6.07, 6.45) is 6.67. The second-order valence-electron chi connectivity index (χ2n) is 8.36. The summed E-state index contributed by atoms with van der Waals surface area (Å²) >= 11 is 0.832. The number of nitrogens with two attached hydrogens (primary N) is 2. The number of carbonyl (C=O) groups is 1. The first-order valence-electron chi connectivity index (χ1n) is 11.5. The van der Waals surface area contributed by atoms with Crippen molar-refractivity contribution in [1.29, 1.82) is 0 Å². The molecule has 0 spiro atoms. The number of pyridine rings is 1. The van der Waals surface area contributed by atoms with Crippen molar-refractivity contribution < 1.29 is 18.3 Å². The van der Waals surface area contributed by atoms with Gasteiger partial charge >= 0.3 is 0 Å². The van der Waals surface area contributed by atoms with E-state index in [4.69, 9.17) is 16.2 Å². The van der Waals surface area contributed by atoms with E-state index in [9.17, 15) is 9.18 Å². The zero-order valence-corrected chi connectivity index (χ0v) is 20.2. The van der Waals surface area contributed by atoms with E-state index in [1.807, 2.05) is 6.92 Å². The summed E-state index contributed by atoms with van der Waals surface area (Å²) in [4.78, 5) is 23.4. The number of thiazole rings is 1. The van der Waals surface area contributed by atoms with Crippen LogP contribution in [-0.2, 0) is 0 Å². The Labute approximate surface area is 206 Å². The molecule has 1 aromatic carbocycles. The van der Waals surface area contributed by atoms with Gasteiger partial charge in [-0.05, 0) is 37.5 Å². The number of unbranched alkanes of at least 4 members (excludes halogenated alkanes) is 1. The van der Waals surface area contributed by atoms with Crippen molar-refractivity contribution in [2.24, 2.45) is 5.73 Å². The van der Waals surface area contributed by atoms with E-state index in [2.05, 4.69) is 20.2 Å². The Morgan fingerprint density at radius 2 is 2.17 bits per heavy atom. The highest BCUT2D eigenvalue weighted by Gasteiger charge is 2.25. The molecular formula is C24H28F2N6O2S. The van der Waals surface area contributed by atoms with Gasteiger partial charge in [0.2, 0.25) is 0 Å². The molecule has 1 atom stereocenters. The van der Waals surface area contributed by atoms with Crippen molar-refractivity contribution in [2.45, 2.75) is 38.6 Å². The van der Waals surface area contributed by atoms with Gasteiger partial charge in [0, 0.05) is 25.3 Å². The molecule has 35 heavy (non-hydrogen) atoms. The lowest BCUT2D eigenvalue weighted by molar-refractivity contribution is 0.102. The maximum Gasteiger partial charge on any atom is 0.277 e. The average molecular weight is 503 g/mol. The molecule has 11 heteroatoms. The summed E-state index contributed by atoms with van der Waals surface area (Å²) in [7, 11) is 0. The van der Waals surface area contributed by atoms with Crippen LogP contribution in [0.3, 0.4) is 0 Å². The van der Waals surface area contributed by atoms with E-state index < -0.39 is 17.5 Å². The Morgan fingerprint density at radius 1 is 1.34 bits per heavy atom. The molecular weight excluding hydrogens is 474 g/mol. The van der Waals surface area contributed by atoms with E-state index in [0.29, 0.717) is 18.8 Å². The average Bonchev–Trinajstić information content (AvgIpc) is 3.22. The Hall–Kier alpha value is -3.31. The highest BCUT2D eigenvalue weighted by molar-refractivity contribution is 7.19. The Morgan fingerprint density at radius 3 is 2.94 bits per heavy atom. The molecule has 0 saturated carbocycles. The molecule has 4 rings (SSSR count). The monoisotopic (exact) mass is 502 g/mol. The summed E-state index contributed by atoms with van der Waals surface area (Å²) in [5.41, 5.74) is 12.9. The van der Waals surface area contributed by atoms with Gasteiger partial charge in [0.25, 0.3) is 5.91 Å². The minimum atomic E-state index is -0.877. The Bertz CT molecular complexity index is 1200. The summed E-state index contributed by atoms with van der Waals surface area (Å²) < 4.78 is 35.1. The smallest absolute Gasteiger partial charge is 0.277 e. The van der Waals surface area contributed by atoms with Crippen LogP contribution in [-0.4, -0.2) is 41.6 Å². The number of ether oxygens (including phenoxy) is 1. The first kappa shape index (κ1) is 24.8. The zero-order chi connectivity index (χ0) is 24.9. The van der Waals surface area contributed by atoms with Crippen molar-refractivity contribution in [2.75, 3.05) is 35.6 Å². The summed E-state index contributed by atoms with van der Waals surface area (Å²) in [6, 6.07) is 4.20. The van der Waals surface area contributed by atoms with E-state index in [1.165, 1.54) is 12.3 Å². The van der Waals surface area contributed by atoms with Gasteiger partial charge < -0.3 is 26.4 Å². The SMILES string of the molecule is CCCCOc1ccc(F)c(-c2nc(C(=O)Nc3cnccc3N3CCC[C@H](N)C3)c(N)s2)c1F. The molecule has 3 heterocycles. The van der Waals surface area contributed by atoms with E-state index in [0.717, 1.165) is 55.3 Å². The van der Waals surface area contributed by atoms with Crippen molar-refractivity contribution >= 4 is 33.6 Å². The molecule has 1 aliphatic heterocycles. The van der Waals surface area contributed by atoms with Crippen LogP contribution in [0.15, 0.2) is 30.6 Å². The lowest BCUT2D eigenvalue weighted by atomic mass is 10.1. The molecule has 3 aromatic rings. The number of aromatic nitrogens is 2. The number of nitrogens with zero attached hydrogens (tertiary/aromatic N) is 3. The zero-order valence-electron chi connectivity index (χ0n) is 19.4. The molecule has 5 N–H and O–H groups in total. The predicted octanol–water partition coefficient (Wildman–Crippen LogP) is 4.42. The van der Waals surface area contributed by atoms with Gasteiger partial charge in [0.15, 0.2) is 17.3 Å². The lowest BCUT2D eigenvalue weighted by Crippen LogP contribution is -2.43. The molecule has 1 saturated heterocycles. The van der Waals surface area contributed by atoms with Crippen LogP contribution in [0.25, 0.3) is 10.6 Å². The van der Waals surface area contributed by atoms with E-state index in [-0.39, 0.29) is 33.1 Å². The molecule has 1 amide bonds. The minimum Gasteiger partial charge on any atom is -0.490 e. The fraction of sp³-hybridized carbons (Fsp3) is 0.375. The lowest BCUT2D eigenvalue weighted by Gasteiger charge is -2.33. The Kier molecular flexibility index (Phi) is 7.76. The predicted molar refractivity (Wildman–Crippen MR) is 134 cm³/mol. The summed E-state index contributed by atoms with van der Waals surface area (Å²) in [5.74, 6) is -2.37. The topological polar surface area (TPSA) is 119 Å². The van der Waals surface area contributed by atoms with Crippen LogP contribution < -0.4 is 26.4 Å². The molecule has 0 unspecified atom stereocenters. The number of halogens is 2. The van der Waals surface area contributed by atoms with Crippen molar-refractivity contribution in [3.8, 4) is 16.3 Å². The van der Waals surface area contributed by atoms with Gasteiger partial charge in [-0.1, -0.05) is 24.7 Å². The molecule has 0 bridgehead atoms. The second kappa shape index (κ2) is 11.0. The van der Waals surface area contributed by atoms with Gasteiger partial charge in [-0.15, -0.1) is 0 Å². The van der Waals surface area contributed by atoms with Crippen LogP contribution in [0.1, 0.15) is 43.1 Å². The third-order valence-electron chi connectivity index (χ3n) is 5.74. The van der Waals surface area contributed by atoms with Gasteiger partial charge in [0.05, 0.1) is 29.7 Å². The van der Waals surface area contributed by atoms with Crippen molar-refractivity contribution in [1.82, 2.24) is 9.97 Å². The number of amides is 1. The van der Waals surface area contributed by atoms with E-state index >= 15 is 4.39 Å². The van der Waals surface area contributed by atoms with Crippen molar-refractivity contribution in [3.05, 3.63) is 47.9 Å². The number of hydrogen-bond donors (Lipinski definition) is 3. The number of nitrogen functional groups attached to an aromatic ring is 1. The highest BCUT2D eigenvalue weighted by Crippen LogP contribution is 2.37. The molecule has 0 radical (unpaired) electrons. The number of benzene rings is 1. The Balaban J connectivity index is 1.59. The number of carbonyl (C=O) groups excluding carboxylic acids is 1. The number of anilines is 3. The number of rotatable bonds is 8. The molecule has 186 valence electrons. The van der Waals surface area contributed by atoms with Crippen LogP contribution >= 0.6 is 11.3 Å². The first-order chi connectivity index (χ1) is 16.9. The fourth-order valence-electron chi connectivity index (χ4n) is 3.94. The van der Waals surface area contributed by atoms with Crippen LogP contribution in [0.4, 0.5) is 25.2 Å². The molecule has 1 aliphatic rings. The molecule has 1 fully saturated rings. The third kappa shape index (κ3) is 5.51. The van der Waals surface area contributed by atoms with Gasteiger partial charge in [-0.3, -0.25) is 9.78 Å². The van der Waals surface area contributed by atoms with Crippen LogP contribution in [0.2, 0.25) is 0 Å². The molecule has 2 aromatic heterocycles. The quantitative estimate of drug-likeness (QED) is 0.390. The highest BCUT2D eigenvalue weighted by atomic mass is 32.1. The number of nitrogens with one attached hydrogen (secondary N) is 1. The minimum absolute atomic E-state index is 0.0408. The number of hydrogen-bond acceptors (Lipinski definition) is 8. The fourth-order valence-corrected chi connectivity index (χ4v) is 4.81. The second-order valence-corrected chi connectivity index (χ2v) is 9.39. The van der Waals surface area contributed by atoms with Crippen LogP contribution in [0, 0.1) is 11.6 Å². The first-order valence-corrected chi connectivity index (χ1v) is 12.3. The largest absolute Gasteiger partial charge is 0.490 e. The summed E-state index contributed by atoms with van der Waals surface area (Å²) in [5, 5.41) is 2.78. The maximum atomic E-state index is 15.1. The summed E-state index contributed by atoms with van der Waals surface area (Å²) in [6.45, 7) is 3.75. The van der Waals surface area contributed by atoms with Gasteiger partial charge in [-0.2, -0.15) is 0 Å². The third-order valence-corrected chi connectivity index (χ3v) is 6.64. The molecule has 8 nitrogen and oxygen atoms in total. The maximum absolute atomic E-state index is 15.1. The van der Waals surface area contributed by atoms with Crippen LogP contribution in [0.5, 0.6) is 5.75 Å². The number of piperidine rings is 1. The van der Waals surface area contributed by atoms with Gasteiger partial charge in [-0.25, -0.2) is 13.8 Å². The van der Waals surface area contributed by atoms with Gasteiger partial charge in [0.1, 0.15) is 15.8 Å². The van der Waals surface area contributed by atoms with Crippen molar-refractivity contribution in [3.63, 3.8) is 0 Å². The molecule has 0 aliphatic carbocycles. The standard InChI is InChI=1S/C24H28F2N6O2S/c1-2-3-11-34-18-7-6-15(25)19(20(18)26)24-31-21(22(28)35-24)23(33)30-16-12-29-9-8-17(16)32-10-4-5-14(27)13-32/h6-9,12,14H,2-5,10-11,13,27-28H2,1H3,(H,30,33)/t14-/m0/s1. The van der Waals surface area contributed by atoms with E-state index in [1.54, 1.807) is 12.3 Å². The normalized spacial score (nSPS) is 15.8.